The molecule has 2 rings (SSSR count). The Morgan fingerprint density at radius 1 is 1.44 bits per heavy atom. The van der Waals surface area contributed by atoms with Gasteiger partial charge in [0, 0.05) is 6.61 Å². The Morgan fingerprint density at radius 2 is 2.31 bits per heavy atom. The standard InChI is InChI=1S/C12H19N3O/c13-15-12-6-2-5-11(14-12)9-16-8-7-10-3-1-4-10/h2,5-6,10H,1,3-4,7-9,13H2,(H,14,15). The average molecular weight is 221 g/mol. The van der Waals surface area contributed by atoms with E-state index in [2.05, 4.69) is 10.4 Å². The lowest BCUT2D eigenvalue weighted by atomic mass is 9.83. The molecule has 0 bridgehead atoms. The third kappa shape index (κ3) is 3.18. The van der Waals surface area contributed by atoms with Gasteiger partial charge in [0.15, 0.2) is 0 Å². The van der Waals surface area contributed by atoms with Crippen molar-refractivity contribution in [2.24, 2.45) is 11.8 Å². The normalized spacial score (nSPS) is 15.8. The zero-order valence-electron chi connectivity index (χ0n) is 9.48. The van der Waals surface area contributed by atoms with E-state index in [4.69, 9.17) is 10.6 Å². The molecule has 1 aromatic heterocycles. The summed E-state index contributed by atoms with van der Waals surface area (Å²) < 4.78 is 5.59. The number of hydrogen-bond acceptors (Lipinski definition) is 4. The lowest BCUT2D eigenvalue weighted by Gasteiger charge is -2.24. The predicted octanol–water partition coefficient (Wildman–Crippen LogP) is 2.07. The maximum Gasteiger partial charge on any atom is 0.140 e. The topological polar surface area (TPSA) is 60.2 Å². The summed E-state index contributed by atoms with van der Waals surface area (Å²) in [5.74, 6) is 6.87. The molecule has 4 heteroatoms. The van der Waals surface area contributed by atoms with Crippen LogP contribution in [0.15, 0.2) is 18.2 Å². The quantitative estimate of drug-likeness (QED) is 0.438. The maximum absolute atomic E-state index is 5.59. The molecule has 0 radical (unpaired) electrons. The van der Waals surface area contributed by atoms with Gasteiger partial charge in [-0.05, 0) is 24.5 Å². The van der Waals surface area contributed by atoms with Gasteiger partial charge in [-0.2, -0.15) is 0 Å². The highest BCUT2D eigenvalue weighted by molar-refractivity contribution is 5.33. The van der Waals surface area contributed by atoms with E-state index in [1.165, 1.54) is 25.7 Å². The summed E-state index contributed by atoms with van der Waals surface area (Å²) in [6, 6.07) is 5.70. The molecule has 0 aromatic carbocycles. The van der Waals surface area contributed by atoms with Crippen LogP contribution in [0, 0.1) is 5.92 Å². The number of hydrogen-bond donors (Lipinski definition) is 2. The van der Waals surface area contributed by atoms with Gasteiger partial charge in [0.2, 0.25) is 0 Å². The van der Waals surface area contributed by atoms with Crippen molar-refractivity contribution in [2.45, 2.75) is 32.3 Å². The fourth-order valence-electron chi connectivity index (χ4n) is 1.85. The molecule has 0 unspecified atom stereocenters. The van der Waals surface area contributed by atoms with Crippen molar-refractivity contribution >= 4 is 5.82 Å². The Morgan fingerprint density at radius 3 is 3.00 bits per heavy atom. The predicted molar refractivity (Wildman–Crippen MR) is 63.7 cm³/mol. The lowest BCUT2D eigenvalue weighted by Crippen LogP contribution is -2.13. The van der Waals surface area contributed by atoms with E-state index in [1.54, 1.807) is 0 Å². The van der Waals surface area contributed by atoms with Crippen molar-refractivity contribution in [1.82, 2.24) is 4.98 Å². The van der Waals surface area contributed by atoms with Gasteiger partial charge < -0.3 is 10.2 Å². The minimum absolute atomic E-state index is 0.572. The van der Waals surface area contributed by atoms with Crippen molar-refractivity contribution in [3.8, 4) is 0 Å². The van der Waals surface area contributed by atoms with E-state index in [0.29, 0.717) is 12.4 Å². The molecule has 1 aromatic rings. The van der Waals surface area contributed by atoms with Crippen LogP contribution in [0.1, 0.15) is 31.4 Å². The number of nitrogens with zero attached hydrogens (tertiary/aromatic N) is 1. The van der Waals surface area contributed by atoms with Gasteiger partial charge in [-0.1, -0.05) is 25.3 Å². The van der Waals surface area contributed by atoms with Gasteiger partial charge in [-0.15, -0.1) is 0 Å². The third-order valence-corrected chi connectivity index (χ3v) is 3.10. The molecule has 1 fully saturated rings. The Hall–Kier alpha value is -1.13. The Labute approximate surface area is 96.2 Å². The fourth-order valence-corrected chi connectivity index (χ4v) is 1.85. The molecule has 1 aliphatic carbocycles. The Kier molecular flexibility index (Phi) is 4.13. The molecule has 1 aliphatic rings. The highest BCUT2D eigenvalue weighted by Crippen LogP contribution is 2.29. The number of pyridine rings is 1. The molecule has 1 heterocycles. The van der Waals surface area contributed by atoms with Crippen LogP contribution in [-0.4, -0.2) is 11.6 Å². The fraction of sp³-hybridized carbons (Fsp3) is 0.583. The molecule has 0 spiro atoms. The highest BCUT2D eigenvalue weighted by Gasteiger charge is 2.16. The first-order valence-electron chi connectivity index (χ1n) is 5.89. The van der Waals surface area contributed by atoms with Crippen LogP contribution in [0.3, 0.4) is 0 Å². The van der Waals surface area contributed by atoms with Gasteiger partial charge >= 0.3 is 0 Å². The molecule has 0 amide bonds. The summed E-state index contributed by atoms with van der Waals surface area (Å²) in [5, 5.41) is 0. The summed E-state index contributed by atoms with van der Waals surface area (Å²) in [7, 11) is 0. The van der Waals surface area contributed by atoms with Gasteiger partial charge in [-0.25, -0.2) is 10.8 Å². The number of hydrazine groups is 1. The molecule has 0 saturated heterocycles. The van der Waals surface area contributed by atoms with Crippen LogP contribution in [0.2, 0.25) is 0 Å². The van der Waals surface area contributed by atoms with Gasteiger partial charge in [-0.3, -0.25) is 0 Å². The second kappa shape index (κ2) is 5.82. The van der Waals surface area contributed by atoms with Gasteiger partial charge in [0.1, 0.15) is 5.82 Å². The number of rotatable bonds is 6. The van der Waals surface area contributed by atoms with E-state index in [9.17, 15) is 0 Å². The van der Waals surface area contributed by atoms with Gasteiger partial charge in [0.25, 0.3) is 0 Å². The first-order valence-corrected chi connectivity index (χ1v) is 5.89. The highest BCUT2D eigenvalue weighted by atomic mass is 16.5. The summed E-state index contributed by atoms with van der Waals surface area (Å²) in [6.07, 6.45) is 5.35. The van der Waals surface area contributed by atoms with Crippen molar-refractivity contribution in [3.63, 3.8) is 0 Å². The van der Waals surface area contributed by atoms with Crippen molar-refractivity contribution in [2.75, 3.05) is 12.0 Å². The molecule has 0 atom stereocenters. The average Bonchev–Trinajstić information content (AvgIpc) is 2.27. The summed E-state index contributed by atoms with van der Waals surface area (Å²) in [6.45, 7) is 1.41. The Bertz CT molecular complexity index is 326. The minimum Gasteiger partial charge on any atom is -0.375 e. The molecule has 1 saturated carbocycles. The third-order valence-electron chi connectivity index (χ3n) is 3.10. The SMILES string of the molecule is NNc1cccc(COCCC2CCC2)n1. The second-order valence-corrected chi connectivity index (χ2v) is 4.30. The molecular formula is C12H19N3O. The van der Waals surface area contributed by atoms with E-state index < -0.39 is 0 Å². The van der Waals surface area contributed by atoms with Crippen LogP contribution < -0.4 is 11.3 Å². The van der Waals surface area contributed by atoms with Crippen LogP contribution >= 0.6 is 0 Å². The summed E-state index contributed by atoms with van der Waals surface area (Å²) >= 11 is 0. The number of ether oxygens (including phenoxy) is 1. The van der Waals surface area contributed by atoms with E-state index in [-0.39, 0.29) is 0 Å². The number of nitrogens with one attached hydrogen (secondary N) is 1. The smallest absolute Gasteiger partial charge is 0.140 e. The Balaban J connectivity index is 1.67. The van der Waals surface area contributed by atoms with Gasteiger partial charge in [0.05, 0.1) is 12.3 Å². The zero-order chi connectivity index (χ0) is 11.2. The molecule has 16 heavy (non-hydrogen) atoms. The van der Waals surface area contributed by atoms with E-state index >= 15 is 0 Å². The minimum atomic E-state index is 0.572. The van der Waals surface area contributed by atoms with E-state index in [1.807, 2.05) is 18.2 Å². The van der Waals surface area contributed by atoms with Crippen LogP contribution in [0.4, 0.5) is 5.82 Å². The van der Waals surface area contributed by atoms with E-state index in [0.717, 1.165) is 18.2 Å². The molecule has 0 aliphatic heterocycles. The largest absolute Gasteiger partial charge is 0.375 e. The summed E-state index contributed by atoms with van der Waals surface area (Å²) in [4.78, 5) is 4.28. The van der Waals surface area contributed by atoms with Crippen molar-refractivity contribution in [3.05, 3.63) is 23.9 Å². The molecular weight excluding hydrogens is 202 g/mol. The maximum atomic E-state index is 5.59. The van der Waals surface area contributed by atoms with Crippen LogP contribution in [-0.2, 0) is 11.3 Å². The van der Waals surface area contributed by atoms with Crippen LogP contribution in [0.25, 0.3) is 0 Å². The number of anilines is 1. The van der Waals surface area contributed by atoms with Crippen molar-refractivity contribution < 1.29 is 4.74 Å². The number of aromatic nitrogens is 1. The number of nitrogens with two attached hydrogens (primary N) is 1. The van der Waals surface area contributed by atoms with Crippen molar-refractivity contribution in [1.29, 1.82) is 0 Å². The zero-order valence-corrected chi connectivity index (χ0v) is 9.48. The lowest BCUT2D eigenvalue weighted by molar-refractivity contribution is 0.0930. The second-order valence-electron chi connectivity index (χ2n) is 4.30. The summed E-state index contributed by atoms with van der Waals surface area (Å²) in [5.41, 5.74) is 3.45. The monoisotopic (exact) mass is 221 g/mol. The molecule has 4 nitrogen and oxygen atoms in total. The van der Waals surface area contributed by atoms with Crippen LogP contribution in [0.5, 0.6) is 0 Å². The first-order chi connectivity index (χ1) is 7.88. The molecule has 3 N–H and O–H groups in total. The molecule has 88 valence electrons. The first kappa shape index (κ1) is 11.4. The number of nitrogen functional groups attached to an aromatic ring is 1.